The quantitative estimate of drug-likeness (QED) is 0.159. The summed E-state index contributed by atoms with van der Waals surface area (Å²) in [7, 11) is 182. The van der Waals surface area contributed by atoms with Gasteiger partial charge in [-0.3, -0.25) is 0 Å². The van der Waals surface area contributed by atoms with Crippen LogP contribution in [-0.4, -0.2) is 18.3 Å². The second-order valence-corrected chi connectivity index (χ2v) is 197. The van der Waals surface area contributed by atoms with E-state index in [9.17, 15) is 0 Å². The van der Waals surface area contributed by atoms with E-state index >= 15 is 0 Å². The maximum Gasteiger partial charge on any atom is 0.494 e. The van der Waals surface area contributed by atoms with Gasteiger partial charge in [0.05, 0.1) is 11.2 Å². The molecule has 0 saturated carbocycles. The van der Waals surface area contributed by atoms with E-state index < -0.39 is 0 Å². The summed E-state index contributed by atoms with van der Waals surface area (Å²) in [6, 6.07) is 47.0. The summed E-state index contributed by atoms with van der Waals surface area (Å²) in [6.45, 7) is 8.34. The second kappa shape index (κ2) is 119. The van der Waals surface area contributed by atoms with Gasteiger partial charge in [-0.05, 0) is 91.8 Å². The van der Waals surface area contributed by atoms with Crippen molar-refractivity contribution in [3.63, 3.8) is 0 Å². The molecule has 0 bridgehead atoms. The highest BCUT2D eigenvalue weighted by molar-refractivity contribution is 8.88. The van der Waals surface area contributed by atoms with Crippen LogP contribution < -0.4 is 10.4 Å². The molecule has 0 aromatic heterocycles. The lowest BCUT2D eigenvalue weighted by molar-refractivity contribution is 0.00578. The first-order chi connectivity index (χ1) is 70.7. The Morgan fingerprint density at radius 1 is 0.154 bits per heavy atom. The fourth-order valence-corrected chi connectivity index (χ4v) is 278. The summed E-state index contributed by atoms with van der Waals surface area (Å²) in [4.78, 5) is 2.29. The molecule has 143 heavy (non-hydrogen) atoms. The molecule has 0 amide bonds. The number of rotatable bonds is 6. The van der Waals surface area contributed by atoms with Crippen LogP contribution in [0.3, 0.4) is 0 Å². The maximum absolute atomic E-state index is 6.29. The molecular formula is C36H34BNO2S103. The molecular weight excluding hydrogens is 3790 g/mol. The highest BCUT2D eigenvalue weighted by atomic mass is 33.6. The molecule has 3 nitrogen and oxygen atoms in total. The Hall–Kier alpha value is 18.5. The molecule has 816 valence electrons. The summed E-state index contributed by atoms with van der Waals surface area (Å²) in [5.41, 5.74) is 8.33. The molecule has 1 fully saturated rings. The minimum atomic E-state index is -0.386. The lowest BCUT2D eigenvalue weighted by Crippen LogP contribution is -2.41. The summed E-state index contributed by atoms with van der Waals surface area (Å²) in [5.74, 6) is 0. The van der Waals surface area contributed by atoms with E-state index in [1.54, 1.807) is 107 Å². The van der Waals surface area contributed by atoms with Crippen LogP contribution in [0.5, 0.6) is 0 Å². The van der Waals surface area contributed by atoms with Gasteiger partial charge in [-0.2, -0.15) is 0 Å². The largest absolute Gasteiger partial charge is 0.494 e. The molecule has 0 aliphatic carbocycles. The third kappa shape index (κ3) is 93.7. The van der Waals surface area contributed by atoms with E-state index in [4.69, 9.17) is 31.7 Å². The number of hydrogen-bond acceptors (Lipinski definition) is 5. The third-order valence-corrected chi connectivity index (χ3v) is 233. The lowest BCUT2D eigenvalue weighted by Gasteiger charge is -2.32. The molecule has 0 atom stereocenters. The van der Waals surface area contributed by atoms with Crippen molar-refractivity contribution in [1.29, 1.82) is 0 Å². The molecule has 1 heterocycles. The van der Waals surface area contributed by atoms with Crippen molar-refractivity contribution in [3.05, 3.63) is 133 Å². The monoisotopic (exact) mass is 3820 g/mol. The zero-order valence-corrected chi connectivity index (χ0v) is 150. The lowest BCUT2D eigenvalue weighted by atomic mass is 9.79. The van der Waals surface area contributed by atoms with E-state index in [-0.39, 0.29) is 18.3 Å². The van der Waals surface area contributed by atoms with Gasteiger partial charge in [0.15, 0.2) is 0 Å². The van der Waals surface area contributed by atoms with Crippen LogP contribution in [0.15, 0.2) is 133 Å². The van der Waals surface area contributed by atoms with Gasteiger partial charge < -0.3 is 14.2 Å². The minimum Gasteiger partial charge on any atom is -0.399 e. The Morgan fingerprint density at radius 2 is 0.266 bits per heavy atom. The predicted octanol–water partition coefficient (Wildman–Crippen LogP) is 8.54. The Balaban J connectivity index is 0.000000732. The van der Waals surface area contributed by atoms with Gasteiger partial charge in [-0.1, -0.05) is 97.1 Å². The molecule has 1 aliphatic rings. The first-order valence-corrected chi connectivity index (χ1v) is 167. The SMILES string of the molecule is CC1(C)OB(c2ccc(N(c3ccc(-c4ccccc4)cc3)c3ccc(-c4ccccc4)cc3)cc2)OC1(C)C.S=S=S=S=S=S=S=S=S=S=S=S=S=S=S=S=S=S=S=S=S=S=S=S=S=S=S=S=S=S=S=S=S=S=S=S=S=S=S=S=S=S=S=S=S=S=S=S=S=S=S=S=S=S=S=S=S=S=S=S=S=S=S=S=S=S=S=S=S=S=S=S=S=S=S=S=S=S=S=S=S=S=S=S=S=S=S=S=S=S=S=S=S=S=S=S=S=S=S=S=S=S=S. The van der Waals surface area contributed by atoms with Crippen LogP contribution in [0.4, 0.5) is 17.1 Å². The summed E-state index contributed by atoms with van der Waals surface area (Å²) in [5, 5.41) is 0. The van der Waals surface area contributed by atoms with Gasteiger partial charge in [0.1, 0.15) is 0 Å². The van der Waals surface area contributed by atoms with Crippen LogP contribution >= 0.6 is 0 Å². The van der Waals surface area contributed by atoms with Gasteiger partial charge in [0, 0.05) is 936 Å². The molecule has 5 aromatic rings. The van der Waals surface area contributed by atoms with Crippen LogP contribution in [0.1, 0.15) is 27.7 Å². The Labute approximate surface area is 1130 Å². The standard InChI is InChI=1S/C36H34BNO2.S103/c1-35(2)36(3,4)40-37(39-35)31-19-25-34(26-20-31)38(32-21-15-29(16-22-32)27-11-7-5-8-12-27)33-23-17-30(18-24-33)28-13-9-6-10-14-28;1-3-5-7-9-11-13-15-17-19-21-23-25-27-29-31-33-35-37-39-41-43-45-47-49-51-53-55-57-59-61-63-65-67-69-71-73-75-77-79-81-83-85-87-89-91-93-95-97-99-101-103-102-100-98-96-94-92-90-88-86-84-82-80-78-76-74-72-70-68-66-64-62-60-58-56-54-52-50-48-46-44-42-40-38-36-34-32-30-28-26-24-22-20-18-16-14-12-10-8-6-4-2/h5-26H,1-4H3;. The molecule has 5 aromatic carbocycles. The maximum atomic E-state index is 6.29. The third-order valence-electron chi connectivity index (χ3n) is 10.9. The van der Waals surface area contributed by atoms with Crippen LogP contribution in [-0.2, 0) is 929 Å². The molecule has 0 N–H and O–H groups in total. The average molecular weight is 3830 g/mol. The Kier molecular flexibility index (Phi) is 126. The molecule has 0 spiro atoms. The first-order valence-electron chi connectivity index (χ1n) is 30.9. The first kappa shape index (κ1) is 152. The minimum absolute atomic E-state index is 0.372. The number of anilines is 3. The van der Waals surface area contributed by atoms with E-state index in [0.717, 1.165) is 22.5 Å². The van der Waals surface area contributed by atoms with Crippen molar-refractivity contribution in [3.8, 4) is 22.3 Å². The average Bonchev–Trinajstić information content (AvgIpc) is 1.64. The van der Waals surface area contributed by atoms with Crippen molar-refractivity contribution in [2.45, 2.75) is 38.9 Å². The molecule has 0 unspecified atom stereocenters. The number of nitrogens with zero attached hydrogens (tertiary/aromatic N) is 1. The Morgan fingerprint density at radius 3 is 0.392 bits per heavy atom. The molecule has 1 saturated heterocycles. The van der Waals surface area contributed by atoms with Crippen molar-refractivity contribution < 1.29 is 9.31 Å². The topological polar surface area (TPSA) is 21.7 Å². The summed E-state index contributed by atoms with van der Waals surface area (Å²) >= 11 is 9.66. The fourth-order valence-electron chi connectivity index (χ4n) is 6.20. The van der Waals surface area contributed by atoms with Gasteiger partial charge in [0.2, 0.25) is 0 Å². The van der Waals surface area contributed by atoms with Crippen molar-refractivity contribution in [1.82, 2.24) is 0 Å². The summed E-state index contributed by atoms with van der Waals surface area (Å²) in [6.07, 6.45) is 0. The van der Waals surface area contributed by atoms with Gasteiger partial charge in [-0.15, -0.1) is 0 Å². The normalized spacial score (nSPS) is 10.1. The van der Waals surface area contributed by atoms with Crippen LogP contribution in [0.25, 0.3) is 22.3 Å². The van der Waals surface area contributed by atoms with Crippen LogP contribution in [0, 0.1) is 0 Å². The van der Waals surface area contributed by atoms with E-state index in [1.165, 1.54) is 40.0 Å². The summed E-state index contributed by atoms with van der Waals surface area (Å²) < 4.78 is 12.6. The highest BCUT2D eigenvalue weighted by Crippen LogP contribution is 2.39. The van der Waals surface area contributed by atoms with Gasteiger partial charge in [0.25, 0.3) is 0 Å². The van der Waals surface area contributed by atoms with Crippen molar-refractivity contribution in [2.24, 2.45) is 0 Å². The molecule has 1 aliphatic heterocycles. The van der Waals surface area contributed by atoms with Crippen molar-refractivity contribution >= 4 is 949 Å². The number of benzene rings is 5. The van der Waals surface area contributed by atoms with Gasteiger partial charge >= 0.3 is 7.12 Å². The van der Waals surface area contributed by atoms with Crippen LogP contribution in [0.2, 0.25) is 0 Å². The predicted molar refractivity (Wildman–Crippen MR) is 926 cm³/mol. The second-order valence-electron chi connectivity index (χ2n) is 18.2. The number of hydrogen-bond donors (Lipinski definition) is 0. The van der Waals surface area contributed by atoms with E-state index in [2.05, 4.69) is 154 Å². The zero-order valence-electron chi connectivity index (χ0n) is 65.6. The van der Waals surface area contributed by atoms with E-state index in [1.807, 2.05) is 785 Å². The molecule has 6 rings (SSSR count). The zero-order chi connectivity index (χ0) is 101. The molecule has 107 heteroatoms. The molecule has 0 radical (unpaired) electrons. The van der Waals surface area contributed by atoms with E-state index in [0.29, 0.717) is 0 Å². The van der Waals surface area contributed by atoms with Gasteiger partial charge in [-0.25, -0.2) is 0 Å². The van der Waals surface area contributed by atoms with Crippen molar-refractivity contribution in [2.75, 3.05) is 4.90 Å². The highest BCUT2D eigenvalue weighted by Gasteiger charge is 2.51. The fraction of sp³-hybridized carbons (Fsp3) is 0.167. The smallest absolute Gasteiger partial charge is 0.399 e. The Bertz CT molecular complexity index is 10200.